The molecule has 154 valence electrons. The number of thioether (sulfide) groups is 1. The maximum absolute atomic E-state index is 12.3. The topological polar surface area (TPSA) is 65.1 Å². The Hall–Kier alpha value is -2.94. The summed E-state index contributed by atoms with van der Waals surface area (Å²) >= 11 is 9.01. The number of rotatable bonds is 5. The number of halogens is 1. The number of nitrogens with zero attached hydrogens (tertiary/aromatic N) is 5. The van der Waals surface area contributed by atoms with E-state index in [4.69, 9.17) is 11.6 Å². The van der Waals surface area contributed by atoms with Crippen molar-refractivity contribution in [3.05, 3.63) is 92.8 Å². The number of aryl methyl sites for hydroxylation is 1. The van der Waals surface area contributed by atoms with Gasteiger partial charge in [-0.25, -0.2) is 4.98 Å². The number of hydrogen-bond donors (Lipinski definition) is 0. The lowest BCUT2D eigenvalue weighted by molar-refractivity contribution is 0.879. The van der Waals surface area contributed by atoms with Gasteiger partial charge in [0.05, 0.1) is 11.4 Å². The molecule has 0 atom stereocenters. The number of thiazole rings is 1. The minimum absolute atomic E-state index is 0.0796. The van der Waals surface area contributed by atoms with Crippen LogP contribution in [0, 0.1) is 6.92 Å². The molecule has 0 aliphatic carbocycles. The van der Waals surface area contributed by atoms with Crippen molar-refractivity contribution in [2.75, 3.05) is 0 Å². The molecule has 0 N–H and O–H groups in total. The van der Waals surface area contributed by atoms with Gasteiger partial charge in [0.25, 0.3) is 5.56 Å². The predicted octanol–water partition coefficient (Wildman–Crippen LogP) is 5.26. The van der Waals surface area contributed by atoms with Crippen molar-refractivity contribution in [3.8, 4) is 17.1 Å². The second-order valence-electron chi connectivity index (χ2n) is 6.86. The molecule has 0 saturated heterocycles. The van der Waals surface area contributed by atoms with Gasteiger partial charge in [-0.15, -0.1) is 21.5 Å². The molecule has 5 aromatic rings. The molecule has 2 aromatic carbocycles. The Morgan fingerprint density at radius 2 is 1.90 bits per heavy atom. The van der Waals surface area contributed by atoms with Gasteiger partial charge in [-0.3, -0.25) is 13.8 Å². The van der Waals surface area contributed by atoms with Crippen molar-refractivity contribution in [1.29, 1.82) is 0 Å². The molecular weight excluding hydrogens is 450 g/mol. The fourth-order valence-electron chi connectivity index (χ4n) is 3.28. The molecule has 5 rings (SSSR count). The third-order valence-corrected chi connectivity index (χ3v) is 6.77. The van der Waals surface area contributed by atoms with E-state index < -0.39 is 0 Å². The molecular formula is C22H16ClN5OS2. The van der Waals surface area contributed by atoms with Gasteiger partial charge in [-0.2, -0.15) is 0 Å². The fourth-order valence-corrected chi connectivity index (χ4v) is 4.98. The summed E-state index contributed by atoms with van der Waals surface area (Å²) in [4.78, 5) is 17.6. The zero-order chi connectivity index (χ0) is 21.4. The van der Waals surface area contributed by atoms with Gasteiger partial charge >= 0.3 is 0 Å². The lowest BCUT2D eigenvalue weighted by Crippen LogP contribution is -2.12. The Morgan fingerprint density at radius 3 is 2.71 bits per heavy atom. The molecule has 0 amide bonds. The Morgan fingerprint density at radius 1 is 1.10 bits per heavy atom. The molecule has 0 aliphatic heterocycles. The minimum atomic E-state index is -0.0796. The lowest BCUT2D eigenvalue weighted by atomic mass is 10.1. The smallest absolute Gasteiger partial charge is 0.258 e. The number of benzene rings is 2. The summed E-state index contributed by atoms with van der Waals surface area (Å²) in [5.74, 6) is 1.24. The highest BCUT2D eigenvalue weighted by Crippen LogP contribution is 2.31. The Kier molecular flexibility index (Phi) is 5.35. The molecule has 31 heavy (non-hydrogen) atoms. The third kappa shape index (κ3) is 3.89. The average Bonchev–Trinajstić information content (AvgIpc) is 3.41. The molecule has 0 saturated carbocycles. The first-order chi connectivity index (χ1) is 15.1. The van der Waals surface area contributed by atoms with Crippen molar-refractivity contribution in [1.82, 2.24) is 24.1 Å². The van der Waals surface area contributed by atoms with E-state index in [-0.39, 0.29) is 5.56 Å². The molecule has 3 heterocycles. The highest BCUT2D eigenvalue weighted by atomic mass is 35.5. The van der Waals surface area contributed by atoms with Gasteiger partial charge in [-0.05, 0) is 42.8 Å². The molecule has 0 spiro atoms. The molecule has 0 aliphatic rings. The van der Waals surface area contributed by atoms with Crippen molar-refractivity contribution in [2.45, 2.75) is 17.8 Å². The van der Waals surface area contributed by atoms with Gasteiger partial charge in [0, 0.05) is 34.0 Å². The van der Waals surface area contributed by atoms with Crippen LogP contribution in [-0.2, 0) is 5.75 Å². The van der Waals surface area contributed by atoms with E-state index in [9.17, 15) is 4.79 Å². The Labute approximate surface area is 191 Å². The number of hydrogen-bond acceptors (Lipinski definition) is 6. The molecule has 0 bridgehead atoms. The van der Waals surface area contributed by atoms with Gasteiger partial charge in [0.15, 0.2) is 15.9 Å². The standard InChI is InChI=1S/C22H16ClN5OS2/c1-14-4-2-3-5-18(14)28-20(15-6-8-16(23)9-7-15)25-26-22(28)31-13-17-12-19(29)27-10-11-30-21(27)24-17/h2-12H,13H2,1H3. The Balaban J connectivity index is 1.55. The van der Waals surface area contributed by atoms with E-state index in [1.54, 1.807) is 16.7 Å². The first-order valence-corrected chi connectivity index (χ1v) is 11.7. The van der Waals surface area contributed by atoms with Gasteiger partial charge in [0.2, 0.25) is 0 Å². The van der Waals surface area contributed by atoms with E-state index >= 15 is 0 Å². The number of para-hydroxylation sites is 1. The molecule has 3 aromatic heterocycles. The normalized spacial score (nSPS) is 11.3. The fraction of sp³-hybridized carbons (Fsp3) is 0.0909. The number of fused-ring (bicyclic) bond motifs is 1. The zero-order valence-electron chi connectivity index (χ0n) is 16.4. The van der Waals surface area contributed by atoms with E-state index in [1.807, 2.05) is 52.4 Å². The van der Waals surface area contributed by atoms with E-state index in [0.29, 0.717) is 21.4 Å². The second kappa shape index (κ2) is 8.30. The van der Waals surface area contributed by atoms with Gasteiger partial charge in [-0.1, -0.05) is 41.6 Å². The van der Waals surface area contributed by atoms with E-state index in [1.165, 1.54) is 23.1 Å². The number of aromatic nitrogens is 5. The van der Waals surface area contributed by atoms with Crippen LogP contribution in [0.3, 0.4) is 0 Å². The van der Waals surface area contributed by atoms with Crippen LogP contribution in [0.15, 0.2) is 76.1 Å². The summed E-state index contributed by atoms with van der Waals surface area (Å²) in [5.41, 5.74) is 3.66. The average molecular weight is 466 g/mol. The highest BCUT2D eigenvalue weighted by Gasteiger charge is 2.18. The summed E-state index contributed by atoms with van der Waals surface area (Å²) in [5, 5.41) is 12.2. The van der Waals surface area contributed by atoms with Crippen LogP contribution in [0.5, 0.6) is 0 Å². The van der Waals surface area contributed by atoms with Crippen molar-refractivity contribution >= 4 is 39.7 Å². The highest BCUT2D eigenvalue weighted by molar-refractivity contribution is 7.98. The van der Waals surface area contributed by atoms with Crippen molar-refractivity contribution in [2.24, 2.45) is 0 Å². The SMILES string of the molecule is Cc1ccccc1-n1c(SCc2cc(=O)n3ccsc3n2)nnc1-c1ccc(Cl)cc1. The van der Waals surface area contributed by atoms with Crippen LogP contribution in [0.2, 0.25) is 5.02 Å². The van der Waals surface area contributed by atoms with Crippen molar-refractivity contribution < 1.29 is 0 Å². The van der Waals surface area contributed by atoms with Crippen LogP contribution in [0.25, 0.3) is 22.0 Å². The maximum atomic E-state index is 12.3. The Bertz CT molecular complexity index is 1440. The van der Waals surface area contributed by atoms with E-state index in [0.717, 1.165) is 27.8 Å². The summed E-state index contributed by atoms with van der Waals surface area (Å²) in [6.45, 7) is 2.06. The van der Waals surface area contributed by atoms with Crippen molar-refractivity contribution in [3.63, 3.8) is 0 Å². The predicted molar refractivity (Wildman–Crippen MR) is 125 cm³/mol. The van der Waals surface area contributed by atoms with Crippen LogP contribution in [0.4, 0.5) is 0 Å². The molecule has 6 nitrogen and oxygen atoms in total. The first kappa shape index (κ1) is 20.0. The quantitative estimate of drug-likeness (QED) is 0.331. The second-order valence-corrected chi connectivity index (χ2v) is 9.12. The third-order valence-electron chi connectivity index (χ3n) is 4.80. The van der Waals surface area contributed by atoms with Crippen LogP contribution in [0.1, 0.15) is 11.3 Å². The first-order valence-electron chi connectivity index (χ1n) is 9.46. The van der Waals surface area contributed by atoms with E-state index in [2.05, 4.69) is 28.2 Å². The summed E-state index contributed by atoms with van der Waals surface area (Å²) in [6.07, 6.45) is 1.74. The van der Waals surface area contributed by atoms with Gasteiger partial charge < -0.3 is 0 Å². The molecule has 0 fully saturated rings. The largest absolute Gasteiger partial charge is 0.270 e. The lowest BCUT2D eigenvalue weighted by Gasteiger charge is -2.13. The summed E-state index contributed by atoms with van der Waals surface area (Å²) < 4.78 is 3.59. The van der Waals surface area contributed by atoms with Crippen LogP contribution < -0.4 is 5.56 Å². The monoisotopic (exact) mass is 465 g/mol. The molecule has 9 heteroatoms. The molecule has 0 radical (unpaired) electrons. The molecule has 0 unspecified atom stereocenters. The minimum Gasteiger partial charge on any atom is -0.270 e. The maximum Gasteiger partial charge on any atom is 0.258 e. The van der Waals surface area contributed by atoms with Gasteiger partial charge in [0.1, 0.15) is 0 Å². The van der Waals surface area contributed by atoms with Crippen LogP contribution >= 0.6 is 34.7 Å². The zero-order valence-corrected chi connectivity index (χ0v) is 18.8. The summed E-state index contributed by atoms with van der Waals surface area (Å²) in [7, 11) is 0. The van der Waals surface area contributed by atoms with Crippen LogP contribution in [-0.4, -0.2) is 24.1 Å². The summed E-state index contributed by atoms with van der Waals surface area (Å²) in [6, 6.07) is 17.2.